The van der Waals surface area contributed by atoms with Crippen LogP contribution < -0.4 is 4.57 Å². The first-order valence-electron chi connectivity index (χ1n) is 21.8. The predicted molar refractivity (Wildman–Crippen MR) is 213 cm³/mol. The summed E-state index contributed by atoms with van der Waals surface area (Å²) in [6, 6.07) is 9.08. The van der Waals surface area contributed by atoms with Crippen molar-refractivity contribution in [1.29, 1.82) is 0 Å². The Labute approximate surface area is 300 Å². The van der Waals surface area contributed by atoms with Gasteiger partial charge in [0.25, 0.3) is 0 Å². The lowest BCUT2D eigenvalue weighted by Gasteiger charge is -2.08. The van der Waals surface area contributed by atoms with Crippen molar-refractivity contribution in [3.05, 3.63) is 48.5 Å². The first-order chi connectivity index (χ1) is 23.8. The summed E-state index contributed by atoms with van der Waals surface area (Å²) in [5.74, 6) is 0. The number of rotatable bonds is 35. The van der Waals surface area contributed by atoms with E-state index in [0.717, 1.165) is 0 Å². The smallest absolute Gasteiger partial charge is 0.181 e. The minimum absolute atomic E-state index is 1.17. The van der Waals surface area contributed by atoms with Crippen LogP contribution in [0.1, 0.15) is 225 Å². The molecule has 2 rings (SSSR count). The predicted octanol–water partition coefficient (Wildman–Crippen LogP) is 15.1. The van der Waals surface area contributed by atoms with Crippen molar-refractivity contribution in [3.63, 3.8) is 0 Å². The zero-order valence-corrected chi connectivity index (χ0v) is 32.5. The maximum atomic E-state index is 4.24. The van der Waals surface area contributed by atoms with Gasteiger partial charge in [-0.25, -0.2) is 4.57 Å². The van der Waals surface area contributed by atoms with E-state index >= 15 is 0 Å². The Kier molecular flexibility index (Phi) is 28.8. The molecule has 0 unspecified atom stereocenters. The maximum Gasteiger partial charge on any atom is 0.181 e. The monoisotopic (exact) mass is 662 g/mol. The molecule has 2 heterocycles. The van der Waals surface area contributed by atoms with Crippen molar-refractivity contribution in [1.82, 2.24) is 4.98 Å². The SMILES string of the molecule is CCCCCCCCCCCCCCCCCCc1cc(-c2ccncc2)cc[n+]1CCCCCCCCCCCCCCCCCC. The van der Waals surface area contributed by atoms with Gasteiger partial charge in [-0.3, -0.25) is 4.98 Å². The summed E-state index contributed by atoms with van der Waals surface area (Å²) in [5.41, 5.74) is 4.15. The second-order valence-electron chi connectivity index (χ2n) is 15.2. The molecule has 48 heavy (non-hydrogen) atoms. The van der Waals surface area contributed by atoms with E-state index < -0.39 is 0 Å². The quantitative estimate of drug-likeness (QED) is 0.0530. The molecule has 0 aliphatic carbocycles. The minimum Gasteiger partial charge on any atom is -0.265 e. The molecule has 0 saturated heterocycles. The number of hydrogen-bond donors (Lipinski definition) is 0. The maximum absolute atomic E-state index is 4.24. The largest absolute Gasteiger partial charge is 0.265 e. The molecule has 0 atom stereocenters. The number of aromatic nitrogens is 2. The van der Waals surface area contributed by atoms with Crippen LogP contribution >= 0.6 is 0 Å². The topological polar surface area (TPSA) is 16.8 Å². The second-order valence-corrected chi connectivity index (χ2v) is 15.2. The molecule has 2 aromatic rings. The summed E-state index contributed by atoms with van der Waals surface area (Å²) in [6.07, 6.45) is 53.2. The average molecular weight is 662 g/mol. The van der Waals surface area contributed by atoms with Gasteiger partial charge in [-0.05, 0) is 36.1 Å². The van der Waals surface area contributed by atoms with Crippen LogP contribution in [0, 0.1) is 0 Å². The van der Waals surface area contributed by atoms with E-state index in [2.05, 4.69) is 53.9 Å². The van der Waals surface area contributed by atoms with E-state index in [1.54, 1.807) is 0 Å². The van der Waals surface area contributed by atoms with Gasteiger partial charge in [0.1, 0.15) is 6.54 Å². The van der Waals surface area contributed by atoms with Gasteiger partial charge in [-0.1, -0.05) is 200 Å². The third-order valence-corrected chi connectivity index (χ3v) is 10.7. The van der Waals surface area contributed by atoms with Crippen LogP contribution in [-0.2, 0) is 13.0 Å². The molecule has 0 fully saturated rings. The highest BCUT2D eigenvalue weighted by Crippen LogP contribution is 2.20. The third-order valence-electron chi connectivity index (χ3n) is 10.7. The molecule has 0 bridgehead atoms. The fourth-order valence-corrected chi connectivity index (χ4v) is 7.42. The van der Waals surface area contributed by atoms with Crippen molar-refractivity contribution < 1.29 is 4.57 Å². The van der Waals surface area contributed by atoms with E-state index in [1.165, 1.54) is 235 Å². The third kappa shape index (κ3) is 23.6. The van der Waals surface area contributed by atoms with Crippen LogP contribution in [0.15, 0.2) is 42.9 Å². The van der Waals surface area contributed by atoms with Crippen LogP contribution in [0.2, 0.25) is 0 Å². The van der Waals surface area contributed by atoms with E-state index in [1.807, 2.05) is 12.4 Å². The molecular weight excluding hydrogens is 581 g/mol. The van der Waals surface area contributed by atoms with Crippen molar-refractivity contribution in [2.24, 2.45) is 0 Å². The Balaban J connectivity index is 1.54. The Bertz CT molecular complexity index is 938. The zero-order chi connectivity index (χ0) is 34.0. The van der Waals surface area contributed by atoms with Gasteiger partial charge >= 0.3 is 0 Å². The summed E-state index contributed by atoms with van der Waals surface area (Å²) < 4.78 is 2.57. The van der Waals surface area contributed by atoms with Gasteiger partial charge in [-0.15, -0.1) is 0 Å². The van der Waals surface area contributed by atoms with Crippen LogP contribution in [0.5, 0.6) is 0 Å². The van der Waals surface area contributed by atoms with E-state index in [0.29, 0.717) is 0 Å². The van der Waals surface area contributed by atoms with E-state index in [4.69, 9.17) is 0 Å². The average Bonchev–Trinajstić information content (AvgIpc) is 3.12. The molecule has 2 aromatic heterocycles. The highest BCUT2D eigenvalue weighted by molar-refractivity contribution is 5.62. The van der Waals surface area contributed by atoms with E-state index in [9.17, 15) is 0 Å². The lowest BCUT2D eigenvalue weighted by molar-refractivity contribution is -0.704. The molecule has 0 radical (unpaired) electrons. The normalized spacial score (nSPS) is 11.5. The van der Waals surface area contributed by atoms with Crippen LogP contribution in [0.3, 0.4) is 0 Å². The molecule has 274 valence electrons. The first kappa shape index (κ1) is 42.5. The lowest BCUT2D eigenvalue weighted by atomic mass is 10.0. The summed E-state index contributed by atoms with van der Waals surface area (Å²) in [4.78, 5) is 4.24. The molecular formula is C46H81N2+. The zero-order valence-electron chi connectivity index (χ0n) is 32.5. The van der Waals surface area contributed by atoms with Crippen molar-refractivity contribution >= 4 is 0 Å². The Morgan fingerprint density at radius 1 is 0.396 bits per heavy atom. The van der Waals surface area contributed by atoms with Gasteiger partial charge in [0.2, 0.25) is 0 Å². The Morgan fingerprint density at radius 2 is 0.750 bits per heavy atom. The van der Waals surface area contributed by atoms with E-state index in [-0.39, 0.29) is 0 Å². The molecule has 0 saturated carbocycles. The van der Waals surface area contributed by atoms with Crippen LogP contribution in [-0.4, -0.2) is 4.98 Å². The van der Waals surface area contributed by atoms with Crippen LogP contribution in [0.4, 0.5) is 0 Å². The van der Waals surface area contributed by atoms with Gasteiger partial charge in [0.15, 0.2) is 11.9 Å². The molecule has 0 aliphatic heterocycles. The van der Waals surface area contributed by atoms with Crippen molar-refractivity contribution in [3.8, 4) is 11.1 Å². The number of unbranched alkanes of at least 4 members (excludes halogenated alkanes) is 30. The highest BCUT2D eigenvalue weighted by Gasteiger charge is 2.13. The minimum atomic E-state index is 1.17. The number of nitrogens with zero attached hydrogens (tertiary/aromatic N) is 2. The summed E-state index contributed by atoms with van der Waals surface area (Å²) in [6.45, 7) is 5.78. The second kappa shape index (κ2) is 32.5. The fourth-order valence-electron chi connectivity index (χ4n) is 7.42. The molecule has 2 nitrogen and oxygen atoms in total. The Hall–Kier alpha value is -1.70. The lowest BCUT2D eigenvalue weighted by Crippen LogP contribution is -2.38. The molecule has 2 heteroatoms. The van der Waals surface area contributed by atoms with Gasteiger partial charge < -0.3 is 0 Å². The van der Waals surface area contributed by atoms with Crippen LogP contribution in [0.25, 0.3) is 11.1 Å². The first-order valence-corrected chi connectivity index (χ1v) is 21.8. The fraction of sp³-hybridized carbons (Fsp3) is 0.783. The molecule has 0 spiro atoms. The molecule has 0 aromatic carbocycles. The molecule has 0 amide bonds. The van der Waals surface area contributed by atoms with Crippen molar-refractivity contribution in [2.45, 2.75) is 232 Å². The van der Waals surface area contributed by atoms with Gasteiger partial charge in [0, 0.05) is 37.4 Å². The van der Waals surface area contributed by atoms with Gasteiger partial charge in [-0.2, -0.15) is 0 Å². The summed E-state index contributed by atoms with van der Waals surface area (Å²) >= 11 is 0. The summed E-state index contributed by atoms with van der Waals surface area (Å²) in [5, 5.41) is 0. The summed E-state index contributed by atoms with van der Waals surface area (Å²) in [7, 11) is 0. The Morgan fingerprint density at radius 3 is 1.15 bits per heavy atom. The molecule has 0 aliphatic rings. The highest BCUT2D eigenvalue weighted by atomic mass is 14.9. The number of hydrogen-bond acceptors (Lipinski definition) is 1. The number of pyridine rings is 2. The van der Waals surface area contributed by atoms with Gasteiger partial charge in [0.05, 0.1) is 0 Å². The molecule has 0 N–H and O–H groups in total. The number of aryl methyl sites for hydroxylation is 2. The standard InChI is InChI=1S/C46H81N2/c1-3-5-7-9-11-13-15-17-19-21-23-25-27-29-31-33-35-46-43-45(44-36-39-47-40-37-44)38-42-48(46)41-34-32-30-28-26-24-22-20-18-16-14-12-10-8-6-4-2/h36-40,42-43H,3-35,41H2,1-2H3/q+1. The van der Waals surface area contributed by atoms with Crippen molar-refractivity contribution in [2.75, 3.05) is 0 Å².